The predicted molar refractivity (Wildman–Crippen MR) is 80.9 cm³/mol. The largest absolute Gasteiger partial charge is 0.497 e. The Morgan fingerprint density at radius 2 is 2.00 bits per heavy atom. The second-order valence-electron chi connectivity index (χ2n) is 4.71. The highest BCUT2D eigenvalue weighted by molar-refractivity contribution is 7.98. The number of hydrogen-bond acceptors (Lipinski definition) is 7. The zero-order valence-electron chi connectivity index (χ0n) is 12.3. The fourth-order valence-electron chi connectivity index (χ4n) is 1.90. The summed E-state index contributed by atoms with van der Waals surface area (Å²) >= 11 is 1.43. The fourth-order valence-corrected chi connectivity index (χ4v) is 2.56. The van der Waals surface area contributed by atoms with E-state index >= 15 is 0 Å². The van der Waals surface area contributed by atoms with Gasteiger partial charge in [-0.1, -0.05) is 29.1 Å². The molecule has 0 radical (unpaired) electrons. The summed E-state index contributed by atoms with van der Waals surface area (Å²) < 4.78 is 15.9. The Kier molecular flexibility index (Phi) is 4.43. The van der Waals surface area contributed by atoms with Gasteiger partial charge in [-0.05, 0) is 24.6 Å². The van der Waals surface area contributed by atoms with Crippen molar-refractivity contribution in [1.29, 1.82) is 0 Å². The number of benzene rings is 1. The molecule has 22 heavy (non-hydrogen) atoms. The normalized spacial score (nSPS) is 10.8. The number of thioether (sulfide) groups is 1. The maximum absolute atomic E-state index is 5.62. The number of nitrogens with zero attached hydrogens (tertiary/aromatic N) is 3. The number of aromatic nitrogens is 3. The Bertz CT molecular complexity index is 737. The average molecular weight is 317 g/mol. The van der Waals surface area contributed by atoms with E-state index in [0.29, 0.717) is 23.3 Å². The van der Waals surface area contributed by atoms with E-state index in [2.05, 4.69) is 15.4 Å². The molecule has 0 spiro atoms. The van der Waals surface area contributed by atoms with Gasteiger partial charge in [0.25, 0.3) is 5.22 Å². The molecule has 114 valence electrons. The molecule has 6 nitrogen and oxygen atoms in total. The van der Waals surface area contributed by atoms with Crippen molar-refractivity contribution < 1.29 is 13.7 Å². The average Bonchev–Trinajstić information content (AvgIpc) is 3.15. The highest BCUT2D eigenvalue weighted by Crippen LogP contribution is 2.23. The van der Waals surface area contributed by atoms with Crippen LogP contribution in [0.15, 0.2) is 44.5 Å². The van der Waals surface area contributed by atoms with Gasteiger partial charge in [-0.15, -0.1) is 10.2 Å². The first kappa shape index (κ1) is 14.6. The number of rotatable bonds is 6. The van der Waals surface area contributed by atoms with Gasteiger partial charge in [0.05, 0.1) is 25.0 Å². The van der Waals surface area contributed by atoms with E-state index in [4.69, 9.17) is 13.7 Å². The van der Waals surface area contributed by atoms with Crippen molar-refractivity contribution >= 4 is 11.8 Å². The van der Waals surface area contributed by atoms with Crippen molar-refractivity contribution in [2.75, 3.05) is 7.11 Å². The first-order valence-electron chi connectivity index (χ1n) is 6.73. The summed E-state index contributed by atoms with van der Waals surface area (Å²) in [7, 11) is 1.65. The van der Waals surface area contributed by atoms with Crippen LogP contribution in [0.25, 0.3) is 0 Å². The summed E-state index contributed by atoms with van der Waals surface area (Å²) in [5.41, 5.74) is 1.95. The number of aryl methyl sites for hydroxylation is 1. The van der Waals surface area contributed by atoms with Crippen molar-refractivity contribution in [2.24, 2.45) is 0 Å². The van der Waals surface area contributed by atoms with Gasteiger partial charge in [0.2, 0.25) is 5.89 Å². The molecule has 0 bridgehead atoms. The zero-order valence-corrected chi connectivity index (χ0v) is 13.1. The second-order valence-corrected chi connectivity index (χ2v) is 5.64. The molecule has 0 fully saturated rings. The van der Waals surface area contributed by atoms with Crippen LogP contribution in [0.4, 0.5) is 0 Å². The van der Waals surface area contributed by atoms with Gasteiger partial charge in [-0.2, -0.15) is 0 Å². The maximum atomic E-state index is 5.62. The van der Waals surface area contributed by atoms with Crippen LogP contribution in [0, 0.1) is 6.92 Å². The minimum absolute atomic E-state index is 0.526. The van der Waals surface area contributed by atoms with Crippen LogP contribution in [0.2, 0.25) is 0 Å². The van der Waals surface area contributed by atoms with Crippen molar-refractivity contribution in [2.45, 2.75) is 24.3 Å². The first-order chi connectivity index (χ1) is 10.7. The lowest BCUT2D eigenvalue weighted by Crippen LogP contribution is -1.89. The Morgan fingerprint density at radius 3 is 2.68 bits per heavy atom. The van der Waals surface area contributed by atoms with Gasteiger partial charge in [-0.3, -0.25) is 0 Å². The minimum Gasteiger partial charge on any atom is -0.497 e. The predicted octanol–water partition coefficient (Wildman–Crippen LogP) is 3.26. The number of ether oxygens (including phenoxy) is 1. The third-order valence-electron chi connectivity index (χ3n) is 2.98. The van der Waals surface area contributed by atoms with Crippen molar-refractivity contribution in [3.63, 3.8) is 0 Å². The van der Waals surface area contributed by atoms with E-state index < -0.39 is 0 Å². The summed E-state index contributed by atoms with van der Waals surface area (Å²) in [6.07, 6.45) is 0.596. The molecule has 0 amide bonds. The van der Waals surface area contributed by atoms with E-state index in [1.54, 1.807) is 7.11 Å². The van der Waals surface area contributed by atoms with Crippen molar-refractivity contribution in [3.8, 4) is 5.75 Å². The molecule has 0 atom stereocenters. The monoisotopic (exact) mass is 317 g/mol. The number of methoxy groups -OCH3 is 1. The van der Waals surface area contributed by atoms with Crippen molar-refractivity contribution in [1.82, 2.24) is 15.4 Å². The molecule has 0 unspecified atom stereocenters. The van der Waals surface area contributed by atoms with E-state index in [9.17, 15) is 0 Å². The van der Waals surface area contributed by atoms with Crippen LogP contribution in [0.5, 0.6) is 5.75 Å². The topological polar surface area (TPSA) is 74.2 Å². The van der Waals surface area contributed by atoms with Crippen molar-refractivity contribution in [3.05, 3.63) is 53.2 Å². The molecular formula is C15H15N3O3S. The molecule has 0 aliphatic carbocycles. The molecule has 0 N–H and O–H groups in total. The highest BCUT2D eigenvalue weighted by atomic mass is 32.2. The molecule has 3 aromatic rings. The molecule has 2 aromatic heterocycles. The quantitative estimate of drug-likeness (QED) is 0.646. The van der Waals surface area contributed by atoms with Crippen LogP contribution in [-0.2, 0) is 12.2 Å². The van der Waals surface area contributed by atoms with E-state index in [1.807, 2.05) is 37.3 Å². The van der Waals surface area contributed by atoms with Crippen LogP contribution in [0.3, 0.4) is 0 Å². The molecule has 2 heterocycles. The van der Waals surface area contributed by atoms with Crippen LogP contribution in [-0.4, -0.2) is 22.5 Å². The van der Waals surface area contributed by atoms with Gasteiger partial charge in [0.15, 0.2) is 0 Å². The lowest BCUT2D eigenvalue weighted by molar-refractivity contribution is 0.389. The molecule has 0 saturated heterocycles. The van der Waals surface area contributed by atoms with Gasteiger partial charge in [-0.25, -0.2) is 0 Å². The van der Waals surface area contributed by atoms with Gasteiger partial charge >= 0.3 is 0 Å². The third kappa shape index (κ3) is 3.67. The Hall–Kier alpha value is -2.28. The molecule has 0 aliphatic heterocycles. The first-order valence-corrected chi connectivity index (χ1v) is 7.72. The molecule has 0 saturated carbocycles. The Balaban J connectivity index is 1.58. The molecular weight excluding hydrogens is 302 g/mol. The number of hydrogen-bond donors (Lipinski definition) is 0. The smallest absolute Gasteiger partial charge is 0.277 e. The SMILES string of the molecule is COc1ccc(Cc2nnc(SCc3cc(C)no3)o2)cc1. The molecule has 0 aliphatic rings. The van der Waals surface area contributed by atoms with Crippen LogP contribution < -0.4 is 4.74 Å². The highest BCUT2D eigenvalue weighted by Gasteiger charge is 2.09. The Labute approximate surface area is 131 Å². The Morgan fingerprint density at radius 1 is 1.18 bits per heavy atom. The standard InChI is InChI=1S/C15H15N3O3S/c1-10-7-13(21-18-10)9-22-15-17-16-14(20-15)8-11-3-5-12(19-2)6-4-11/h3-7H,8-9H2,1-2H3. The van der Waals surface area contributed by atoms with Crippen LogP contribution >= 0.6 is 11.8 Å². The van der Waals surface area contributed by atoms with E-state index in [0.717, 1.165) is 22.8 Å². The van der Waals surface area contributed by atoms with Crippen LogP contribution in [0.1, 0.15) is 22.9 Å². The summed E-state index contributed by atoms with van der Waals surface area (Å²) in [5, 5.41) is 12.4. The summed E-state index contributed by atoms with van der Waals surface area (Å²) in [5.74, 6) is 2.82. The van der Waals surface area contributed by atoms with E-state index in [1.165, 1.54) is 11.8 Å². The third-order valence-corrected chi connectivity index (χ3v) is 3.82. The van der Waals surface area contributed by atoms with Gasteiger partial charge in [0.1, 0.15) is 11.5 Å². The van der Waals surface area contributed by atoms with Gasteiger partial charge in [0, 0.05) is 6.07 Å². The molecule has 3 rings (SSSR count). The lowest BCUT2D eigenvalue weighted by atomic mass is 10.1. The fraction of sp³-hybridized carbons (Fsp3) is 0.267. The summed E-state index contributed by atoms with van der Waals surface area (Å²) in [4.78, 5) is 0. The molecule has 7 heteroatoms. The minimum atomic E-state index is 0.526. The van der Waals surface area contributed by atoms with E-state index in [-0.39, 0.29) is 0 Å². The summed E-state index contributed by atoms with van der Waals surface area (Å²) in [6, 6.07) is 9.67. The summed E-state index contributed by atoms with van der Waals surface area (Å²) in [6.45, 7) is 1.89. The maximum Gasteiger partial charge on any atom is 0.277 e. The lowest BCUT2D eigenvalue weighted by Gasteiger charge is -2.00. The molecule has 1 aromatic carbocycles. The second kappa shape index (κ2) is 6.65. The zero-order chi connectivity index (χ0) is 15.4. The van der Waals surface area contributed by atoms with Gasteiger partial charge < -0.3 is 13.7 Å².